The molecule has 1 rings (SSSR count). The Morgan fingerprint density at radius 3 is 2.27 bits per heavy atom. The van der Waals surface area contributed by atoms with Gasteiger partial charge in [0.25, 0.3) is 0 Å². The highest BCUT2D eigenvalue weighted by Gasteiger charge is 2.16. The van der Waals surface area contributed by atoms with Crippen LogP contribution >= 0.6 is 0 Å². The molecule has 0 heterocycles. The minimum atomic E-state index is -0.988. The van der Waals surface area contributed by atoms with Gasteiger partial charge in [0, 0.05) is 0 Å². The molecule has 122 valence electrons. The van der Waals surface area contributed by atoms with Crippen molar-refractivity contribution in [2.75, 3.05) is 33.0 Å². The third kappa shape index (κ3) is 5.41. The Morgan fingerprint density at radius 1 is 1.05 bits per heavy atom. The van der Waals surface area contributed by atoms with Crippen LogP contribution in [0.5, 0.6) is 0 Å². The minimum Gasteiger partial charge on any atom is -0.394 e. The van der Waals surface area contributed by atoms with E-state index in [9.17, 15) is 14.7 Å². The molecule has 0 aliphatic rings. The van der Waals surface area contributed by atoms with Gasteiger partial charge < -0.3 is 31.2 Å². The topological polar surface area (TPSA) is 145 Å². The van der Waals surface area contributed by atoms with E-state index in [1.165, 1.54) is 18.2 Å². The molecule has 0 saturated carbocycles. The van der Waals surface area contributed by atoms with Gasteiger partial charge in [-0.2, -0.15) is 0 Å². The number of rotatable bonds is 10. The van der Waals surface area contributed by atoms with Gasteiger partial charge in [-0.05, 0) is 17.7 Å². The van der Waals surface area contributed by atoms with E-state index in [1.807, 2.05) is 0 Å². The first-order valence-corrected chi connectivity index (χ1v) is 6.65. The maximum absolute atomic E-state index is 11.3. The fraction of sp³-hybridized carbons (Fsp3) is 0.429. The maximum atomic E-state index is 11.3. The summed E-state index contributed by atoms with van der Waals surface area (Å²) in [6, 6.07) is 4.13. The number of amides is 2. The third-order valence-corrected chi connectivity index (χ3v) is 2.84. The van der Waals surface area contributed by atoms with Crippen molar-refractivity contribution < 1.29 is 29.3 Å². The summed E-state index contributed by atoms with van der Waals surface area (Å²) in [6.45, 7) is 0.684. The highest BCUT2D eigenvalue weighted by Crippen LogP contribution is 2.18. The standard InChI is InChI=1S/C14H20N2O6/c15-13(19)10-2-1-9(7-11(10)14(16)20)12(18)8-22-6-5-21-4-3-17/h1-2,7,12,17-18H,3-6,8H2,(H2,15,19)(H2,16,20). The van der Waals surface area contributed by atoms with Crippen molar-refractivity contribution in [3.05, 3.63) is 34.9 Å². The number of benzene rings is 1. The molecule has 0 aliphatic heterocycles. The number of hydrogen-bond donors (Lipinski definition) is 4. The van der Waals surface area contributed by atoms with Crippen LogP contribution in [0.4, 0.5) is 0 Å². The fourth-order valence-electron chi connectivity index (χ4n) is 1.76. The van der Waals surface area contributed by atoms with Crippen molar-refractivity contribution >= 4 is 11.8 Å². The molecule has 22 heavy (non-hydrogen) atoms. The van der Waals surface area contributed by atoms with Gasteiger partial charge in [0.05, 0.1) is 44.2 Å². The van der Waals surface area contributed by atoms with E-state index in [0.29, 0.717) is 12.2 Å². The summed E-state index contributed by atoms with van der Waals surface area (Å²) < 4.78 is 10.2. The van der Waals surface area contributed by atoms with Crippen molar-refractivity contribution in [1.82, 2.24) is 0 Å². The summed E-state index contributed by atoms with van der Waals surface area (Å²) in [5.41, 5.74) is 10.7. The molecular weight excluding hydrogens is 292 g/mol. The Balaban J connectivity index is 2.62. The van der Waals surface area contributed by atoms with Crippen molar-refractivity contribution in [2.24, 2.45) is 11.5 Å². The lowest BCUT2D eigenvalue weighted by Gasteiger charge is -2.13. The van der Waals surface area contributed by atoms with Crippen molar-refractivity contribution in [1.29, 1.82) is 0 Å². The summed E-state index contributed by atoms with van der Waals surface area (Å²) in [4.78, 5) is 22.5. The molecule has 0 aromatic heterocycles. The van der Waals surface area contributed by atoms with Crippen LogP contribution in [0, 0.1) is 0 Å². The second-order valence-electron chi connectivity index (χ2n) is 4.46. The lowest BCUT2D eigenvalue weighted by Crippen LogP contribution is -2.21. The van der Waals surface area contributed by atoms with E-state index in [0.717, 1.165) is 0 Å². The molecule has 2 amide bonds. The van der Waals surface area contributed by atoms with Crippen molar-refractivity contribution in [2.45, 2.75) is 6.10 Å². The number of aliphatic hydroxyl groups excluding tert-OH is 2. The number of primary amides is 2. The van der Waals surface area contributed by atoms with Crippen LogP contribution in [0.2, 0.25) is 0 Å². The summed E-state index contributed by atoms with van der Waals surface area (Å²) in [5, 5.41) is 18.5. The summed E-state index contributed by atoms with van der Waals surface area (Å²) >= 11 is 0. The van der Waals surface area contributed by atoms with Crippen LogP contribution < -0.4 is 11.5 Å². The molecule has 8 heteroatoms. The van der Waals surface area contributed by atoms with E-state index in [2.05, 4.69) is 0 Å². The highest BCUT2D eigenvalue weighted by atomic mass is 16.5. The summed E-state index contributed by atoms with van der Waals surface area (Å²) in [6.07, 6.45) is -0.988. The predicted molar refractivity (Wildman–Crippen MR) is 77.2 cm³/mol. The molecule has 1 unspecified atom stereocenters. The average Bonchev–Trinajstić information content (AvgIpc) is 2.49. The lowest BCUT2D eigenvalue weighted by atomic mass is 10.00. The number of carbonyl (C=O) groups excluding carboxylic acids is 2. The minimum absolute atomic E-state index is 0.00164. The monoisotopic (exact) mass is 312 g/mol. The number of carbonyl (C=O) groups is 2. The zero-order valence-corrected chi connectivity index (χ0v) is 12.0. The smallest absolute Gasteiger partial charge is 0.249 e. The second kappa shape index (κ2) is 9.11. The molecule has 0 radical (unpaired) electrons. The molecular formula is C14H20N2O6. The van der Waals surface area contributed by atoms with Gasteiger partial charge in [-0.25, -0.2) is 0 Å². The van der Waals surface area contributed by atoms with Gasteiger partial charge in [-0.1, -0.05) is 6.07 Å². The molecule has 1 aromatic carbocycles. The molecule has 1 aromatic rings. The first-order valence-electron chi connectivity index (χ1n) is 6.65. The van der Waals surface area contributed by atoms with Crippen LogP contribution in [0.3, 0.4) is 0 Å². The Hall–Kier alpha value is -2.00. The lowest BCUT2D eigenvalue weighted by molar-refractivity contribution is -0.00265. The van der Waals surface area contributed by atoms with E-state index in [1.54, 1.807) is 0 Å². The van der Waals surface area contributed by atoms with Gasteiger partial charge >= 0.3 is 0 Å². The Morgan fingerprint density at radius 2 is 1.68 bits per heavy atom. The summed E-state index contributed by atoms with van der Waals surface area (Å²) in [5.74, 6) is -1.58. The fourth-order valence-corrected chi connectivity index (χ4v) is 1.76. The zero-order valence-electron chi connectivity index (χ0n) is 12.0. The number of hydrogen-bond acceptors (Lipinski definition) is 6. The number of nitrogens with two attached hydrogens (primary N) is 2. The van der Waals surface area contributed by atoms with Crippen LogP contribution in [0.1, 0.15) is 32.4 Å². The van der Waals surface area contributed by atoms with Gasteiger partial charge in [-0.3, -0.25) is 9.59 Å². The van der Waals surface area contributed by atoms with Crippen LogP contribution in [-0.2, 0) is 9.47 Å². The quantitative estimate of drug-likeness (QED) is 0.405. The van der Waals surface area contributed by atoms with Crippen molar-refractivity contribution in [3.8, 4) is 0 Å². The second-order valence-corrected chi connectivity index (χ2v) is 4.46. The molecule has 1 atom stereocenters. The van der Waals surface area contributed by atoms with E-state index < -0.39 is 17.9 Å². The summed E-state index contributed by atoms with van der Waals surface area (Å²) in [7, 11) is 0. The van der Waals surface area contributed by atoms with Gasteiger partial charge in [0.2, 0.25) is 11.8 Å². The highest BCUT2D eigenvalue weighted by molar-refractivity contribution is 6.06. The third-order valence-electron chi connectivity index (χ3n) is 2.84. The average molecular weight is 312 g/mol. The molecule has 0 saturated heterocycles. The Labute approximate surface area is 127 Å². The largest absolute Gasteiger partial charge is 0.394 e. The zero-order chi connectivity index (χ0) is 16.5. The van der Waals surface area contributed by atoms with Crippen LogP contribution in [0.25, 0.3) is 0 Å². The first-order chi connectivity index (χ1) is 10.5. The molecule has 0 spiro atoms. The van der Waals surface area contributed by atoms with E-state index in [-0.39, 0.29) is 37.6 Å². The first kappa shape index (κ1) is 18.1. The molecule has 8 nitrogen and oxygen atoms in total. The Bertz CT molecular complexity index is 520. The van der Waals surface area contributed by atoms with E-state index >= 15 is 0 Å². The number of aliphatic hydroxyl groups is 2. The van der Waals surface area contributed by atoms with Gasteiger partial charge in [-0.15, -0.1) is 0 Å². The van der Waals surface area contributed by atoms with Crippen LogP contribution in [0.15, 0.2) is 18.2 Å². The van der Waals surface area contributed by atoms with Gasteiger partial charge in [0.15, 0.2) is 0 Å². The molecule has 0 aliphatic carbocycles. The Kier molecular flexibility index (Phi) is 7.47. The maximum Gasteiger partial charge on any atom is 0.249 e. The van der Waals surface area contributed by atoms with Gasteiger partial charge in [0.1, 0.15) is 6.10 Å². The van der Waals surface area contributed by atoms with Crippen molar-refractivity contribution in [3.63, 3.8) is 0 Å². The molecule has 0 bridgehead atoms. The number of ether oxygens (including phenoxy) is 2. The molecule has 6 N–H and O–H groups in total. The van der Waals surface area contributed by atoms with E-state index in [4.69, 9.17) is 26.0 Å². The predicted octanol–water partition coefficient (Wildman–Crippen LogP) is -1.06. The normalized spacial score (nSPS) is 12.1. The van der Waals surface area contributed by atoms with Crippen LogP contribution in [-0.4, -0.2) is 55.1 Å². The molecule has 0 fully saturated rings. The SMILES string of the molecule is NC(=O)c1ccc(C(O)COCCOCCO)cc1C(N)=O.